The third-order valence-corrected chi connectivity index (χ3v) is 6.77. The van der Waals surface area contributed by atoms with Crippen molar-refractivity contribution in [3.05, 3.63) is 73.1 Å². The molecule has 1 aromatic carbocycles. The van der Waals surface area contributed by atoms with E-state index in [4.69, 9.17) is 16.3 Å². The van der Waals surface area contributed by atoms with Crippen molar-refractivity contribution in [1.29, 1.82) is 0 Å². The monoisotopic (exact) mass is 403 g/mol. The molecule has 0 aliphatic carbocycles. The van der Waals surface area contributed by atoms with Gasteiger partial charge in [-0.25, -0.2) is 0 Å². The van der Waals surface area contributed by atoms with Crippen LogP contribution in [0.4, 0.5) is 0 Å². The molecule has 4 rings (SSSR count). The molecular weight excluding hydrogens is 386 g/mol. The molecule has 0 saturated carbocycles. The molecule has 2 aromatic heterocycles. The van der Waals surface area contributed by atoms with E-state index in [0.29, 0.717) is 17.3 Å². The molecule has 0 fully saturated rings. The Morgan fingerprint density at radius 3 is 2.96 bits per heavy atom. The Kier molecular flexibility index (Phi) is 5.02. The van der Waals surface area contributed by atoms with Crippen LogP contribution in [0.1, 0.15) is 26.9 Å². The fraction of sp³-hybridized carbons (Fsp3) is 0.250. The van der Waals surface area contributed by atoms with Crippen LogP contribution in [0.15, 0.2) is 47.2 Å². The van der Waals surface area contributed by atoms with Crippen LogP contribution < -0.4 is 4.74 Å². The summed E-state index contributed by atoms with van der Waals surface area (Å²) >= 11 is 9.64. The number of amides is 1. The van der Waals surface area contributed by atoms with E-state index in [1.807, 2.05) is 30.0 Å². The zero-order valence-electron chi connectivity index (χ0n) is 14.3. The van der Waals surface area contributed by atoms with Gasteiger partial charge in [-0.1, -0.05) is 23.7 Å². The van der Waals surface area contributed by atoms with Crippen molar-refractivity contribution < 1.29 is 9.53 Å². The fourth-order valence-electron chi connectivity index (χ4n) is 3.28. The van der Waals surface area contributed by atoms with Crippen molar-refractivity contribution in [2.45, 2.75) is 19.4 Å². The number of aryl methyl sites for hydroxylation is 1. The van der Waals surface area contributed by atoms with Crippen molar-refractivity contribution >= 4 is 40.2 Å². The van der Waals surface area contributed by atoms with Crippen LogP contribution in [0.5, 0.6) is 5.75 Å². The number of hydrogen-bond acceptors (Lipinski definition) is 4. The summed E-state index contributed by atoms with van der Waals surface area (Å²) in [5.41, 5.74) is 2.29. The maximum Gasteiger partial charge on any atom is 0.261 e. The van der Waals surface area contributed by atoms with Gasteiger partial charge < -0.3 is 9.64 Å². The van der Waals surface area contributed by atoms with Crippen molar-refractivity contribution in [2.24, 2.45) is 0 Å². The Labute approximate surface area is 165 Å². The van der Waals surface area contributed by atoms with Crippen LogP contribution in [0.25, 0.3) is 0 Å². The van der Waals surface area contributed by atoms with Crippen LogP contribution >= 0.6 is 34.3 Å². The van der Waals surface area contributed by atoms with Gasteiger partial charge in [0.05, 0.1) is 11.1 Å². The molecule has 3 heterocycles. The molecule has 26 heavy (non-hydrogen) atoms. The first-order valence-corrected chi connectivity index (χ1v) is 10.6. The van der Waals surface area contributed by atoms with Crippen LogP contribution in [0.3, 0.4) is 0 Å². The first-order chi connectivity index (χ1) is 12.6. The zero-order valence-corrected chi connectivity index (χ0v) is 16.7. The molecule has 1 aliphatic heterocycles. The molecule has 6 heteroatoms. The Balaban J connectivity index is 1.56. The standard InChI is InChI=1S/C20H18ClNO2S2/c1-13-4-5-15(21)16(11-13)24-12-19(23)22-8-6-17-14(7-10-26-17)20(22)18-3-2-9-25-18/h2-5,7,9-11,20H,6,8,12H2,1H3/t20-/m0/s1. The minimum absolute atomic E-state index is 0.00941. The molecule has 0 saturated heterocycles. The second-order valence-corrected chi connectivity index (χ2v) is 8.66. The Hall–Kier alpha value is -1.82. The van der Waals surface area contributed by atoms with Crippen LogP contribution in [0, 0.1) is 6.92 Å². The molecule has 0 radical (unpaired) electrons. The number of hydrogen-bond donors (Lipinski definition) is 0. The van der Waals surface area contributed by atoms with Gasteiger partial charge in [0.1, 0.15) is 5.75 Å². The zero-order chi connectivity index (χ0) is 18.1. The largest absolute Gasteiger partial charge is 0.482 e. The number of halogens is 1. The number of ether oxygens (including phenoxy) is 1. The van der Waals surface area contributed by atoms with Gasteiger partial charge in [0, 0.05) is 16.3 Å². The van der Waals surface area contributed by atoms with E-state index in [0.717, 1.165) is 12.0 Å². The smallest absolute Gasteiger partial charge is 0.261 e. The number of thiophene rings is 2. The summed E-state index contributed by atoms with van der Waals surface area (Å²) in [6.07, 6.45) is 0.895. The Bertz CT molecular complexity index is 920. The SMILES string of the molecule is Cc1ccc(Cl)c(OCC(=O)N2CCc3sccc3[C@H]2c2cccs2)c1. The number of fused-ring (bicyclic) bond motifs is 1. The van der Waals surface area contributed by atoms with E-state index in [1.165, 1.54) is 15.3 Å². The summed E-state index contributed by atoms with van der Waals surface area (Å²) in [5.74, 6) is 0.541. The number of carbonyl (C=O) groups excluding carboxylic acids is 1. The number of benzene rings is 1. The van der Waals surface area contributed by atoms with Gasteiger partial charge in [-0.15, -0.1) is 22.7 Å². The van der Waals surface area contributed by atoms with Crippen molar-refractivity contribution in [1.82, 2.24) is 4.90 Å². The average Bonchev–Trinajstić information content (AvgIpc) is 3.32. The normalized spacial score (nSPS) is 16.4. The molecule has 0 spiro atoms. The second-order valence-electron chi connectivity index (χ2n) is 6.28. The maximum atomic E-state index is 13.0. The lowest BCUT2D eigenvalue weighted by Gasteiger charge is -2.35. The summed E-state index contributed by atoms with van der Waals surface area (Å²) in [4.78, 5) is 17.5. The third-order valence-electron chi connectivity index (χ3n) is 4.54. The molecule has 3 aromatic rings. The third kappa shape index (κ3) is 3.39. The van der Waals surface area contributed by atoms with Gasteiger partial charge in [-0.2, -0.15) is 0 Å². The van der Waals surface area contributed by atoms with Crippen molar-refractivity contribution in [3.8, 4) is 5.75 Å². The first kappa shape index (κ1) is 17.6. The summed E-state index contributed by atoms with van der Waals surface area (Å²) in [6.45, 7) is 2.67. The molecule has 0 N–H and O–H groups in total. The number of rotatable bonds is 4. The van der Waals surface area contributed by atoms with Crippen molar-refractivity contribution in [2.75, 3.05) is 13.2 Å². The maximum absolute atomic E-state index is 13.0. The van der Waals surface area contributed by atoms with Crippen LogP contribution in [-0.4, -0.2) is 24.0 Å². The van der Waals surface area contributed by atoms with Gasteiger partial charge >= 0.3 is 0 Å². The molecule has 0 unspecified atom stereocenters. The molecule has 1 aliphatic rings. The van der Waals surface area contributed by atoms with E-state index < -0.39 is 0 Å². The van der Waals surface area contributed by atoms with Crippen molar-refractivity contribution in [3.63, 3.8) is 0 Å². The van der Waals surface area contributed by atoms with Gasteiger partial charge in [0.15, 0.2) is 6.61 Å². The minimum atomic E-state index is -0.0194. The highest BCUT2D eigenvalue weighted by Crippen LogP contribution is 2.39. The lowest BCUT2D eigenvalue weighted by Crippen LogP contribution is -2.42. The highest BCUT2D eigenvalue weighted by molar-refractivity contribution is 7.10. The molecule has 3 nitrogen and oxygen atoms in total. The van der Waals surface area contributed by atoms with Gasteiger partial charge in [0.25, 0.3) is 5.91 Å². The van der Waals surface area contributed by atoms with Gasteiger partial charge in [-0.3, -0.25) is 4.79 Å². The van der Waals surface area contributed by atoms with E-state index in [2.05, 4.69) is 22.9 Å². The Morgan fingerprint density at radius 1 is 1.27 bits per heavy atom. The summed E-state index contributed by atoms with van der Waals surface area (Å²) < 4.78 is 5.75. The lowest BCUT2D eigenvalue weighted by molar-refractivity contribution is -0.135. The molecule has 134 valence electrons. The molecular formula is C20H18ClNO2S2. The molecule has 1 atom stereocenters. The summed E-state index contributed by atoms with van der Waals surface area (Å²) in [5, 5.41) is 4.70. The van der Waals surface area contributed by atoms with Gasteiger partial charge in [0.2, 0.25) is 0 Å². The topological polar surface area (TPSA) is 29.5 Å². The minimum Gasteiger partial charge on any atom is -0.482 e. The molecule has 0 bridgehead atoms. The van der Waals surface area contributed by atoms with E-state index in [-0.39, 0.29) is 18.6 Å². The lowest BCUT2D eigenvalue weighted by atomic mass is 9.98. The summed E-state index contributed by atoms with van der Waals surface area (Å²) in [6, 6.07) is 11.8. The summed E-state index contributed by atoms with van der Waals surface area (Å²) in [7, 11) is 0. The quantitative estimate of drug-likeness (QED) is 0.589. The second kappa shape index (κ2) is 7.43. The van der Waals surface area contributed by atoms with E-state index in [9.17, 15) is 4.79 Å². The first-order valence-electron chi connectivity index (χ1n) is 8.41. The molecule has 1 amide bonds. The van der Waals surface area contributed by atoms with E-state index in [1.54, 1.807) is 28.7 Å². The van der Waals surface area contributed by atoms with Gasteiger partial charge in [-0.05, 0) is 59.5 Å². The predicted octanol–water partition coefficient (Wildman–Crippen LogP) is 5.32. The fourth-order valence-corrected chi connectivity index (χ4v) is 5.21. The van der Waals surface area contributed by atoms with Crippen LogP contribution in [-0.2, 0) is 11.2 Å². The Morgan fingerprint density at radius 2 is 2.15 bits per heavy atom. The highest BCUT2D eigenvalue weighted by atomic mass is 35.5. The van der Waals surface area contributed by atoms with E-state index >= 15 is 0 Å². The number of nitrogens with zero attached hydrogens (tertiary/aromatic N) is 1. The average molecular weight is 404 g/mol. The van der Waals surface area contributed by atoms with Crippen LogP contribution in [0.2, 0.25) is 5.02 Å². The predicted molar refractivity (Wildman–Crippen MR) is 108 cm³/mol. The number of carbonyl (C=O) groups is 1. The highest BCUT2D eigenvalue weighted by Gasteiger charge is 2.33.